The van der Waals surface area contributed by atoms with Crippen molar-refractivity contribution >= 4 is 47.6 Å². The van der Waals surface area contributed by atoms with Crippen molar-refractivity contribution in [2.45, 2.75) is 65.0 Å². The summed E-state index contributed by atoms with van der Waals surface area (Å²) in [5.74, 6) is 0.884. The Balaban J connectivity index is 0.00000512. The Kier molecular flexibility index (Phi) is 12.4. The second kappa shape index (κ2) is 14.2. The van der Waals surface area contributed by atoms with Crippen LogP contribution in [0.2, 0.25) is 0 Å². The number of anilines is 1. The zero-order valence-electron chi connectivity index (χ0n) is 19.6. The first-order valence-corrected chi connectivity index (χ1v) is 11.1. The summed E-state index contributed by atoms with van der Waals surface area (Å²) < 4.78 is 5.20. The van der Waals surface area contributed by atoms with Gasteiger partial charge in [0.25, 0.3) is 0 Å². The highest BCUT2D eigenvalue weighted by Gasteiger charge is 2.21. The molecule has 9 heteroatoms. The molecule has 1 fully saturated rings. The maximum atomic E-state index is 12.5. The Labute approximate surface area is 208 Å². The lowest BCUT2D eigenvalue weighted by Crippen LogP contribution is -2.42. The van der Waals surface area contributed by atoms with Crippen molar-refractivity contribution in [1.82, 2.24) is 16.0 Å². The summed E-state index contributed by atoms with van der Waals surface area (Å²) in [6.45, 7) is 6.97. The first-order valence-electron chi connectivity index (χ1n) is 11.1. The van der Waals surface area contributed by atoms with Gasteiger partial charge in [0.15, 0.2) is 5.96 Å². The van der Waals surface area contributed by atoms with Crippen LogP contribution >= 0.6 is 24.0 Å². The van der Waals surface area contributed by atoms with E-state index in [1.807, 2.05) is 45.0 Å². The van der Waals surface area contributed by atoms with Gasteiger partial charge in [0.05, 0.1) is 0 Å². The van der Waals surface area contributed by atoms with E-state index in [1.165, 1.54) is 6.42 Å². The highest BCUT2D eigenvalue weighted by atomic mass is 127. The van der Waals surface area contributed by atoms with E-state index in [1.54, 1.807) is 7.05 Å². The number of alkyl carbamates (subject to hydrolysis) is 1. The topological polar surface area (TPSA) is 104 Å². The van der Waals surface area contributed by atoms with Crippen LogP contribution < -0.4 is 21.3 Å². The molecule has 2 amide bonds. The molecule has 8 nitrogen and oxygen atoms in total. The maximum absolute atomic E-state index is 12.5. The number of benzene rings is 1. The summed E-state index contributed by atoms with van der Waals surface area (Å²) in [7, 11) is 1.69. The van der Waals surface area contributed by atoms with Gasteiger partial charge in [0.1, 0.15) is 5.60 Å². The van der Waals surface area contributed by atoms with Crippen LogP contribution in [0.5, 0.6) is 0 Å². The molecule has 1 aromatic rings. The summed E-state index contributed by atoms with van der Waals surface area (Å²) in [4.78, 5) is 28.3. The fourth-order valence-electron chi connectivity index (χ4n) is 3.43. The predicted octanol–water partition coefficient (Wildman–Crippen LogP) is 4.01. The minimum atomic E-state index is -0.514. The number of nitrogens with zero attached hydrogens (tertiary/aromatic N) is 1. The van der Waals surface area contributed by atoms with Crippen molar-refractivity contribution in [3.05, 3.63) is 29.8 Å². The molecule has 0 bridgehead atoms. The lowest BCUT2D eigenvalue weighted by atomic mass is 9.88. The Morgan fingerprint density at radius 2 is 1.75 bits per heavy atom. The molecule has 0 aliphatic heterocycles. The van der Waals surface area contributed by atoms with E-state index in [0.717, 1.165) is 36.9 Å². The molecule has 4 N–H and O–H groups in total. The highest BCUT2D eigenvalue weighted by molar-refractivity contribution is 14.0. The molecule has 0 aromatic heterocycles. The quantitative estimate of drug-likeness (QED) is 0.175. The molecule has 32 heavy (non-hydrogen) atoms. The number of hydrogen-bond donors (Lipinski definition) is 4. The van der Waals surface area contributed by atoms with Gasteiger partial charge >= 0.3 is 6.09 Å². The lowest BCUT2D eigenvalue weighted by Gasteiger charge is -2.21. The minimum absolute atomic E-state index is 0. The van der Waals surface area contributed by atoms with Crippen LogP contribution in [0.4, 0.5) is 10.5 Å². The van der Waals surface area contributed by atoms with Crippen LogP contribution in [0.15, 0.2) is 29.3 Å². The largest absolute Gasteiger partial charge is 0.444 e. The first kappa shape index (κ1) is 28.0. The number of halogens is 1. The van der Waals surface area contributed by atoms with E-state index in [-0.39, 0.29) is 35.8 Å². The highest BCUT2D eigenvalue weighted by Crippen LogP contribution is 2.25. The standard InChI is InChI=1S/C23H37N5O3.HI/c1-23(2,3)31-22(30)26-14-13-25-21(24-4)27-16-17-9-8-12-19(15-17)28-20(29)18-10-6-5-7-11-18;/h8-9,12,15,18H,5-7,10-11,13-14,16H2,1-4H3,(H,26,30)(H,28,29)(H2,24,25,27);1H. The Morgan fingerprint density at radius 3 is 2.41 bits per heavy atom. The van der Waals surface area contributed by atoms with E-state index in [0.29, 0.717) is 25.6 Å². The number of aliphatic imine (C=N–C) groups is 1. The molecule has 1 aliphatic rings. The van der Waals surface area contributed by atoms with Gasteiger partial charge in [-0.25, -0.2) is 4.79 Å². The number of rotatable bonds is 7. The molecule has 0 heterocycles. The molecule has 0 atom stereocenters. The van der Waals surface area contributed by atoms with Gasteiger partial charge in [-0.1, -0.05) is 31.4 Å². The third-order valence-corrected chi connectivity index (χ3v) is 4.94. The zero-order valence-corrected chi connectivity index (χ0v) is 22.0. The molecule has 1 aliphatic carbocycles. The van der Waals surface area contributed by atoms with E-state index in [2.05, 4.69) is 26.3 Å². The minimum Gasteiger partial charge on any atom is -0.444 e. The van der Waals surface area contributed by atoms with Crippen LogP contribution in [0.25, 0.3) is 0 Å². The molecule has 1 saturated carbocycles. The number of carbonyl (C=O) groups excluding carboxylic acids is 2. The number of hydrogen-bond acceptors (Lipinski definition) is 4. The second-order valence-electron chi connectivity index (χ2n) is 8.81. The van der Waals surface area contributed by atoms with Crippen molar-refractivity contribution in [1.29, 1.82) is 0 Å². The zero-order chi connectivity index (χ0) is 22.7. The monoisotopic (exact) mass is 559 g/mol. The molecule has 2 rings (SSSR count). The van der Waals surface area contributed by atoms with Crippen LogP contribution in [0, 0.1) is 5.92 Å². The van der Waals surface area contributed by atoms with Crippen LogP contribution in [0.1, 0.15) is 58.4 Å². The molecule has 0 unspecified atom stereocenters. The lowest BCUT2D eigenvalue weighted by molar-refractivity contribution is -0.120. The van der Waals surface area contributed by atoms with Gasteiger partial charge in [-0.2, -0.15) is 0 Å². The molecule has 1 aromatic carbocycles. The molecular formula is C23H38IN5O3. The van der Waals surface area contributed by atoms with Gasteiger partial charge in [0.2, 0.25) is 5.91 Å². The Bertz CT molecular complexity index is 758. The average molecular weight is 559 g/mol. The van der Waals surface area contributed by atoms with E-state index >= 15 is 0 Å². The van der Waals surface area contributed by atoms with E-state index in [4.69, 9.17) is 4.74 Å². The van der Waals surface area contributed by atoms with E-state index < -0.39 is 11.7 Å². The number of guanidine groups is 1. The fourth-order valence-corrected chi connectivity index (χ4v) is 3.43. The Morgan fingerprint density at radius 1 is 1.06 bits per heavy atom. The summed E-state index contributed by atoms with van der Waals surface area (Å²) in [6.07, 6.45) is 5.04. The number of carbonyl (C=O) groups is 2. The van der Waals surface area contributed by atoms with Gasteiger partial charge in [-0.05, 0) is 51.3 Å². The smallest absolute Gasteiger partial charge is 0.407 e. The summed E-state index contributed by atoms with van der Waals surface area (Å²) >= 11 is 0. The van der Waals surface area contributed by atoms with Gasteiger partial charge in [-0.3, -0.25) is 9.79 Å². The van der Waals surface area contributed by atoms with Gasteiger partial charge in [0, 0.05) is 38.3 Å². The van der Waals surface area contributed by atoms with E-state index in [9.17, 15) is 9.59 Å². The average Bonchev–Trinajstić information content (AvgIpc) is 2.73. The SMILES string of the molecule is CN=C(NCCNC(=O)OC(C)(C)C)NCc1cccc(NC(=O)C2CCCCC2)c1.I. The first-order chi connectivity index (χ1) is 14.8. The van der Waals surface area contributed by atoms with Crippen LogP contribution in [-0.2, 0) is 16.1 Å². The predicted molar refractivity (Wildman–Crippen MR) is 139 cm³/mol. The normalized spacial score (nSPS) is 14.7. The third kappa shape index (κ3) is 11.0. The summed E-state index contributed by atoms with van der Waals surface area (Å²) in [5, 5.41) is 12.1. The third-order valence-electron chi connectivity index (χ3n) is 4.94. The van der Waals surface area contributed by atoms with Crippen molar-refractivity contribution in [2.24, 2.45) is 10.9 Å². The molecule has 0 spiro atoms. The van der Waals surface area contributed by atoms with Crippen molar-refractivity contribution in [3.8, 4) is 0 Å². The van der Waals surface area contributed by atoms with Crippen LogP contribution in [-0.4, -0.2) is 43.7 Å². The Hall–Kier alpha value is -2.04. The molecular weight excluding hydrogens is 521 g/mol. The maximum Gasteiger partial charge on any atom is 0.407 e. The van der Waals surface area contributed by atoms with Gasteiger partial charge in [-0.15, -0.1) is 24.0 Å². The fraction of sp³-hybridized carbons (Fsp3) is 0.609. The number of ether oxygens (including phenoxy) is 1. The number of nitrogens with one attached hydrogen (secondary N) is 4. The van der Waals surface area contributed by atoms with Crippen molar-refractivity contribution < 1.29 is 14.3 Å². The molecule has 0 saturated heterocycles. The molecule has 0 radical (unpaired) electrons. The van der Waals surface area contributed by atoms with Crippen LogP contribution in [0.3, 0.4) is 0 Å². The van der Waals surface area contributed by atoms with Crippen molar-refractivity contribution in [3.63, 3.8) is 0 Å². The second-order valence-corrected chi connectivity index (χ2v) is 8.81. The summed E-state index contributed by atoms with van der Waals surface area (Å²) in [6, 6.07) is 7.83. The number of amides is 2. The molecule has 180 valence electrons. The summed E-state index contributed by atoms with van der Waals surface area (Å²) in [5.41, 5.74) is 1.34. The van der Waals surface area contributed by atoms with Gasteiger partial charge < -0.3 is 26.0 Å². The van der Waals surface area contributed by atoms with Crippen molar-refractivity contribution in [2.75, 3.05) is 25.5 Å².